The number of nitrogens with zero attached hydrogens (tertiary/aromatic N) is 1. The van der Waals surface area contributed by atoms with Crippen molar-refractivity contribution in [3.8, 4) is 0 Å². The molecule has 4 nitrogen and oxygen atoms in total. The quantitative estimate of drug-likeness (QED) is 0.768. The van der Waals surface area contributed by atoms with Gasteiger partial charge in [0.05, 0.1) is 0 Å². The molecular weight excluding hydrogens is 298 g/mol. The second-order valence-corrected chi connectivity index (χ2v) is 6.74. The third kappa shape index (κ3) is 4.97. The summed E-state index contributed by atoms with van der Waals surface area (Å²) in [6, 6.07) is 7.26. The fourth-order valence-corrected chi connectivity index (χ4v) is 3.84. The van der Waals surface area contributed by atoms with Crippen molar-refractivity contribution in [3.05, 3.63) is 34.9 Å². The first-order valence-corrected chi connectivity index (χ1v) is 9.48. The molecule has 0 radical (unpaired) electrons. The number of amides is 2. The summed E-state index contributed by atoms with van der Waals surface area (Å²) in [6.07, 6.45) is 6.96. The fraction of sp³-hybridized carbons (Fsp3) is 0.650. The Bertz CT molecular complexity index is 524. The van der Waals surface area contributed by atoms with E-state index in [4.69, 9.17) is 0 Å². The van der Waals surface area contributed by atoms with Crippen LogP contribution in [0, 0.1) is 0 Å². The summed E-state index contributed by atoms with van der Waals surface area (Å²) in [5, 5.41) is 5.51. The van der Waals surface area contributed by atoms with Crippen molar-refractivity contribution in [1.82, 2.24) is 15.5 Å². The summed E-state index contributed by atoms with van der Waals surface area (Å²) >= 11 is 0. The first kappa shape index (κ1) is 18.8. The molecule has 0 aliphatic heterocycles. The zero-order chi connectivity index (χ0) is 17.4. The number of benzene rings is 1. The van der Waals surface area contributed by atoms with E-state index in [1.807, 2.05) is 0 Å². The summed E-state index contributed by atoms with van der Waals surface area (Å²) in [5.74, 6) is 0. The van der Waals surface area contributed by atoms with Crippen molar-refractivity contribution in [2.75, 3.05) is 26.7 Å². The monoisotopic (exact) mass is 331 g/mol. The predicted molar refractivity (Wildman–Crippen MR) is 101 cm³/mol. The minimum Gasteiger partial charge on any atom is -0.341 e. The molecule has 1 aromatic carbocycles. The Labute approximate surface area is 147 Å². The summed E-state index contributed by atoms with van der Waals surface area (Å²) < 4.78 is 0. The van der Waals surface area contributed by atoms with Crippen LogP contribution in [0.4, 0.5) is 4.79 Å². The van der Waals surface area contributed by atoms with Crippen molar-refractivity contribution in [1.29, 1.82) is 0 Å². The van der Waals surface area contributed by atoms with Gasteiger partial charge < -0.3 is 15.5 Å². The first-order valence-electron chi connectivity index (χ1n) is 9.48. The molecule has 1 unspecified atom stereocenters. The number of hydrogen-bond acceptors (Lipinski definition) is 2. The van der Waals surface area contributed by atoms with Gasteiger partial charge in [-0.15, -0.1) is 0 Å². The number of carbonyl (C=O) groups excluding carboxylic acids is 1. The number of urea groups is 1. The van der Waals surface area contributed by atoms with Gasteiger partial charge in [0, 0.05) is 19.6 Å². The van der Waals surface area contributed by atoms with Crippen LogP contribution in [0.15, 0.2) is 18.2 Å². The molecule has 1 aromatic rings. The Hall–Kier alpha value is -1.55. The number of aryl methyl sites for hydroxylation is 1. The van der Waals surface area contributed by atoms with Crippen LogP contribution in [0.25, 0.3) is 0 Å². The topological polar surface area (TPSA) is 44.4 Å². The Morgan fingerprint density at radius 2 is 2.00 bits per heavy atom. The number of fused-ring (bicyclic) bond motifs is 1. The third-order valence-electron chi connectivity index (χ3n) is 5.00. The van der Waals surface area contributed by atoms with E-state index in [0.717, 1.165) is 12.8 Å². The van der Waals surface area contributed by atoms with E-state index < -0.39 is 0 Å². The van der Waals surface area contributed by atoms with Gasteiger partial charge in [0.15, 0.2) is 0 Å². The molecule has 2 amide bonds. The second-order valence-electron chi connectivity index (χ2n) is 6.74. The molecule has 4 heteroatoms. The zero-order valence-electron chi connectivity index (χ0n) is 15.5. The molecule has 0 aromatic heterocycles. The van der Waals surface area contributed by atoms with E-state index in [0.29, 0.717) is 12.6 Å². The zero-order valence-corrected chi connectivity index (χ0v) is 15.5. The molecular formula is C20H33N3O. The van der Waals surface area contributed by atoms with E-state index in [1.54, 1.807) is 7.05 Å². The van der Waals surface area contributed by atoms with Crippen LogP contribution in [-0.4, -0.2) is 43.7 Å². The molecule has 1 atom stereocenters. The van der Waals surface area contributed by atoms with E-state index in [9.17, 15) is 4.79 Å². The Morgan fingerprint density at radius 1 is 1.25 bits per heavy atom. The molecule has 0 bridgehead atoms. The van der Waals surface area contributed by atoms with Crippen LogP contribution in [0.5, 0.6) is 0 Å². The summed E-state index contributed by atoms with van der Waals surface area (Å²) in [4.78, 5) is 14.0. The van der Waals surface area contributed by atoms with Crippen LogP contribution in [-0.2, 0) is 19.3 Å². The van der Waals surface area contributed by atoms with Gasteiger partial charge in [-0.2, -0.15) is 0 Å². The molecule has 2 rings (SSSR count). The lowest BCUT2D eigenvalue weighted by Crippen LogP contribution is -2.40. The normalized spacial score (nSPS) is 16.8. The minimum absolute atomic E-state index is 0.102. The molecule has 0 heterocycles. The van der Waals surface area contributed by atoms with Crippen LogP contribution in [0.3, 0.4) is 0 Å². The van der Waals surface area contributed by atoms with Gasteiger partial charge in [-0.05, 0) is 68.3 Å². The van der Waals surface area contributed by atoms with Crippen molar-refractivity contribution in [2.24, 2.45) is 0 Å². The average molecular weight is 332 g/mol. The van der Waals surface area contributed by atoms with Gasteiger partial charge in [0.2, 0.25) is 0 Å². The van der Waals surface area contributed by atoms with Gasteiger partial charge >= 0.3 is 6.03 Å². The lowest BCUT2D eigenvalue weighted by molar-refractivity contribution is 0.179. The van der Waals surface area contributed by atoms with Crippen molar-refractivity contribution in [2.45, 2.75) is 58.4 Å². The summed E-state index contributed by atoms with van der Waals surface area (Å²) in [6.45, 7) is 7.64. The van der Waals surface area contributed by atoms with Crippen LogP contribution < -0.4 is 10.6 Å². The van der Waals surface area contributed by atoms with Crippen molar-refractivity contribution < 1.29 is 4.79 Å². The number of hydrogen-bond donors (Lipinski definition) is 2. The van der Waals surface area contributed by atoms with E-state index in [-0.39, 0.29) is 6.03 Å². The third-order valence-corrected chi connectivity index (χ3v) is 5.00. The van der Waals surface area contributed by atoms with E-state index in [1.165, 1.54) is 55.5 Å². The molecule has 0 saturated heterocycles. The number of nitrogens with one attached hydrogen (secondary N) is 2. The molecule has 0 saturated carbocycles. The molecule has 0 spiro atoms. The Balaban J connectivity index is 2.06. The van der Waals surface area contributed by atoms with Crippen molar-refractivity contribution in [3.63, 3.8) is 0 Å². The smallest absolute Gasteiger partial charge is 0.314 e. The SMILES string of the molecule is CCCN(CCC)C1CCc2cccc(CCNC(=O)NC)c2C1. The lowest BCUT2D eigenvalue weighted by atomic mass is 9.83. The molecule has 24 heavy (non-hydrogen) atoms. The highest BCUT2D eigenvalue weighted by Gasteiger charge is 2.24. The van der Waals surface area contributed by atoms with Crippen LogP contribution in [0.2, 0.25) is 0 Å². The van der Waals surface area contributed by atoms with Crippen LogP contribution in [0.1, 0.15) is 49.8 Å². The second kappa shape index (κ2) is 9.67. The highest BCUT2D eigenvalue weighted by Crippen LogP contribution is 2.28. The maximum absolute atomic E-state index is 11.3. The van der Waals surface area contributed by atoms with Gasteiger partial charge in [0.1, 0.15) is 0 Å². The van der Waals surface area contributed by atoms with Crippen LogP contribution >= 0.6 is 0 Å². The van der Waals surface area contributed by atoms with Gasteiger partial charge in [-0.25, -0.2) is 4.79 Å². The molecule has 134 valence electrons. The Kier molecular flexibility index (Phi) is 7.57. The van der Waals surface area contributed by atoms with E-state index in [2.05, 4.69) is 47.6 Å². The van der Waals surface area contributed by atoms with Gasteiger partial charge in [0.25, 0.3) is 0 Å². The minimum atomic E-state index is -0.102. The molecule has 1 aliphatic rings. The maximum Gasteiger partial charge on any atom is 0.314 e. The first-order chi connectivity index (χ1) is 11.7. The Morgan fingerprint density at radius 3 is 2.67 bits per heavy atom. The average Bonchev–Trinajstić information content (AvgIpc) is 2.61. The number of rotatable bonds is 8. The summed E-state index contributed by atoms with van der Waals surface area (Å²) in [7, 11) is 1.65. The molecule has 1 aliphatic carbocycles. The highest BCUT2D eigenvalue weighted by molar-refractivity contribution is 5.73. The lowest BCUT2D eigenvalue weighted by Gasteiger charge is -2.36. The molecule has 2 N–H and O–H groups in total. The number of carbonyl (C=O) groups is 1. The summed E-state index contributed by atoms with van der Waals surface area (Å²) in [5.41, 5.74) is 4.45. The van der Waals surface area contributed by atoms with Crippen molar-refractivity contribution >= 4 is 6.03 Å². The fourth-order valence-electron chi connectivity index (χ4n) is 3.84. The van der Waals surface area contributed by atoms with Gasteiger partial charge in [-0.3, -0.25) is 0 Å². The maximum atomic E-state index is 11.3. The van der Waals surface area contributed by atoms with Gasteiger partial charge in [-0.1, -0.05) is 32.0 Å². The largest absolute Gasteiger partial charge is 0.341 e. The standard InChI is InChI=1S/C20H33N3O/c1-4-13-23(14-5-2)18-10-9-16-7-6-8-17(19(16)15-18)11-12-22-20(24)21-3/h6-8,18H,4-5,9-15H2,1-3H3,(H2,21,22,24). The predicted octanol–water partition coefficient (Wildman–Crippen LogP) is 3.14. The van der Waals surface area contributed by atoms with E-state index >= 15 is 0 Å². The molecule has 0 fully saturated rings. The highest BCUT2D eigenvalue weighted by atomic mass is 16.2.